The van der Waals surface area contributed by atoms with Crippen LogP contribution in [-0.2, 0) is 17.9 Å². The molecule has 7 nitrogen and oxygen atoms in total. The Labute approximate surface area is 127 Å². The maximum absolute atomic E-state index is 9.93. The van der Waals surface area contributed by atoms with Gasteiger partial charge in [0.1, 0.15) is 12.4 Å². The molecule has 0 bridgehead atoms. The van der Waals surface area contributed by atoms with E-state index in [-0.39, 0.29) is 13.2 Å². The molecule has 3 aromatic rings. The topological polar surface area (TPSA) is 86.2 Å². The summed E-state index contributed by atoms with van der Waals surface area (Å²) in [6.45, 7) is 0.713. The number of benzene rings is 1. The highest BCUT2D eigenvalue weighted by Gasteiger charge is 2.10. The molecule has 0 aliphatic heterocycles. The van der Waals surface area contributed by atoms with Crippen molar-refractivity contribution < 1.29 is 14.3 Å². The SMILES string of the molecule is OC(COCc1ccco1)Cn1nnc(-c2ccccc2)n1. The zero-order chi connectivity index (χ0) is 15.2. The van der Waals surface area contributed by atoms with Crippen molar-refractivity contribution in [2.75, 3.05) is 6.61 Å². The Morgan fingerprint density at radius 2 is 2.05 bits per heavy atom. The average Bonchev–Trinajstić information content (AvgIpc) is 3.20. The van der Waals surface area contributed by atoms with Gasteiger partial charge in [0.2, 0.25) is 5.82 Å². The Morgan fingerprint density at radius 3 is 2.82 bits per heavy atom. The van der Waals surface area contributed by atoms with Crippen molar-refractivity contribution >= 4 is 0 Å². The predicted octanol–water partition coefficient (Wildman–Crippen LogP) is 1.51. The number of aliphatic hydroxyl groups is 1. The molecule has 0 amide bonds. The van der Waals surface area contributed by atoms with Crippen LogP contribution < -0.4 is 0 Å². The van der Waals surface area contributed by atoms with Crippen molar-refractivity contribution in [2.24, 2.45) is 0 Å². The Hall–Kier alpha value is -2.51. The number of furan rings is 1. The maximum atomic E-state index is 9.93. The third kappa shape index (κ3) is 3.78. The van der Waals surface area contributed by atoms with Gasteiger partial charge in [-0.3, -0.25) is 0 Å². The van der Waals surface area contributed by atoms with E-state index in [1.165, 1.54) is 4.80 Å². The van der Waals surface area contributed by atoms with Crippen molar-refractivity contribution in [2.45, 2.75) is 19.3 Å². The summed E-state index contributed by atoms with van der Waals surface area (Å²) in [5.41, 5.74) is 0.886. The van der Waals surface area contributed by atoms with Crippen molar-refractivity contribution in [3.05, 3.63) is 54.5 Å². The molecule has 2 aromatic heterocycles. The van der Waals surface area contributed by atoms with Crippen LogP contribution in [0.5, 0.6) is 0 Å². The van der Waals surface area contributed by atoms with Crippen LogP contribution in [0.4, 0.5) is 0 Å². The van der Waals surface area contributed by atoms with E-state index in [0.29, 0.717) is 12.4 Å². The van der Waals surface area contributed by atoms with Crippen molar-refractivity contribution in [3.8, 4) is 11.4 Å². The van der Waals surface area contributed by atoms with Gasteiger partial charge in [-0.25, -0.2) is 0 Å². The second-order valence-electron chi connectivity index (χ2n) is 4.78. The van der Waals surface area contributed by atoms with Gasteiger partial charge in [-0.15, -0.1) is 10.2 Å². The smallest absolute Gasteiger partial charge is 0.204 e. The summed E-state index contributed by atoms with van der Waals surface area (Å²) in [7, 11) is 0. The van der Waals surface area contributed by atoms with Gasteiger partial charge in [0.05, 0.1) is 25.5 Å². The number of ether oxygens (including phenoxy) is 1. The molecule has 2 heterocycles. The van der Waals surface area contributed by atoms with Gasteiger partial charge in [0, 0.05) is 5.56 Å². The first kappa shape index (κ1) is 14.4. The third-order valence-corrected chi connectivity index (χ3v) is 2.99. The van der Waals surface area contributed by atoms with Gasteiger partial charge in [-0.05, 0) is 17.3 Å². The maximum Gasteiger partial charge on any atom is 0.204 e. The summed E-state index contributed by atoms with van der Waals surface area (Å²) in [6, 6.07) is 13.2. The van der Waals surface area contributed by atoms with Crippen LogP contribution in [0.15, 0.2) is 53.1 Å². The molecule has 0 saturated carbocycles. The lowest BCUT2D eigenvalue weighted by Crippen LogP contribution is -2.23. The zero-order valence-corrected chi connectivity index (χ0v) is 11.9. The fraction of sp³-hybridized carbons (Fsp3) is 0.267. The van der Waals surface area contributed by atoms with Gasteiger partial charge < -0.3 is 14.3 Å². The summed E-state index contributed by atoms with van der Waals surface area (Å²) in [5.74, 6) is 1.25. The van der Waals surface area contributed by atoms with Gasteiger partial charge in [0.25, 0.3) is 0 Å². The van der Waals surface area contributed by atoms with Gasteiger partial charge in [-0.2, -0.15) is 4.80 Å². The lowest BCUT2D eigenvalue weighted by Gasteiger charge is -2.09. The first-order chi connectivity index (χ1) is 10.8. The van der Waals surface area contributed by atoms with Crippen LogP contribution in [0.2, 0.25) is 0 Å². The van der Waals surface area contributed by atoms with Crippen LogP contribution in [-0.4, -0.2) is 38.0 Å². The minimum Gasteiger partial charge on any atom is -0.467 e. The summed E-state index contributed by atoms with van der Waals surface area (Å²) in [5, 5.41) is 22.1. The van der Waals surface area contributed by atoms with Crippen LogP contribution in [0.3, 0.4) is 0 Å². The molecule has 1 aromatic carbocycles. The van der Waals surface area contributed by atoms with Crippen molar-refractivity contribution in [1.29, 1.82) is 0 Å². The molecular formula is C15H16N4O3. The Balaban J connectivity index is 1.49. The van der Waals surface area contributed by atoms with Crippen molar-refractivity contribution in [1.82, 2.24) is 20.2 Å². The largest absolute Gasteiger partial charge is 0.467 e. The summed E-state index contributed by atoms with van der Waals surface area (Å²) in [6.07, 6.45) is 0.868. The Bertz CT molecular complexity index is 682. The van der Waals surface area contributed by atoms with E-state index < -0.39 is 6.10 Å². The molecule has 1 atom stereocenters. The molecule has 7 heteroatoms. The van der Waals surface area contributed by atoms with E-state index in [0.717, 1.165) is 11.3 Å². The second-order valence-corrected chi connectivity index (χ2v) is 4.78. The van der Waals surface area contributed by atoms with E-state index in [9.17, 15) is 5.11 Å². The molecule has 22 heavy (non-hydrogen) atoms. The molecule has 3 rings (SSSR count). The fourth-order valence-electron chi connectivity index (χ4n) is 1.95. The van der Waals surface area contributed by atoms with Crippen LogP contribution in [0, 0.1) is 0 Å². The number of tetrazole rings is 1. The van der Waals surface area contributed by atoms with Crippen LogP contribution in [0.25, 0.3) is 11.4 Å². The Morgan fingerprint density at radius 1 is 1.18 bits per heavy atom. The lowest BCUT2D eigenvalue weighted by atomic mass is 10.2. The van der Waals surface area contributed by atoms with Gasteiger partial charge in [-0.1, -0.05) is 30.3 Å². The number of aromatic nitrogens is 4. The molecule has 0 fully saturated rings. The molecule has 0 aliphatic carbocycles. The number of aliphatic hydroxyl groups excluding tert-OH is 1. The molecular weight excluding hydrogens is 284 g/mol. The molecule has 1 N–H and O–H groups in total. The van der Waals surface area contributed by atoms with E-state index in [1.807, 2.05) is 36.4 Å². The second kappa shape index (κ2) is 6.97. The van der Waals surface area contributed by atoms with Gasteiger partial charge >= 0.3 is 0 Å². The highest BCUT2D eigenvalue weighted by molar-refractivity contribution is 5.52. The minimum absolute atomic E-state index is 0.170. The molecule has 0 spiro atoms. The Kier molecular flexibility index (Phi) is 4.57. The monoisotopic (exact) mass is 300 g/mol. The lowest BCUT2D eigenvalue weighted by molar-refractivity contribution is 0.0111. The minimum atomic E-state index is -0.715. The predicted molar refractivity (Wildman–Crippen MR) is 77.6 cm³/mol. The summed E-state index contributed by atoms with van der Waals surface area (Å²) in [4.78, 5) is 1.36. The third-order valence-electron chi connectivity index (χ3n) is 2.99. The van der Waals surface area contributed by atoms with Crippen LogP contribution >= 0.6 is 0 Å². The van der Waals surface area contributed by atoms with Gasteiger partial charge in [0.15, 0.2) is 0 Å². The highest BCUT2D eigenvalue weighted by atomic mass is 16.5. The normalized spacial score (nSPS) is 12.4. The average molecular weight is 300 g/mol. The summed E-state index contributed by atoms with van der Waals surface area (Å²) >= 11 is 0. The quantitative estimate of drug-likeness (QED) is 0.712. The number of hydrogen-bond donors (Lipinski definition) is 1. The molecule has 0 radical (unpaired) electrons. The van der Waals surface area contributed by atoms with Crippen LogP contribution in [0.1, 0.15) is 5.76 Å². The standard InChI is InChI=1S/C15H16N4O3/c20-13(10-21-11-14-7-4-8-22-14)9-19-17-15(16-18-19)12-5-2-1-3-6-12/h1-8,13,20H,9-11H2. The molecule has 0 aliphatic rings. The number of nitrogens with zero attached hydrogens (tertiary/aromatic N) is 4. The first-order valence-electron chi connectivity index (χ1n) is 6.92. The molecule has 1 unspecified atom stereocenters. The number of rotatable bonds is 7. The molecule has 0 saturated heterocycles. The zero-order valence-electron chi connectivity index (χ0n) is 11.9. The van der Waals surface area contributed by atoms with Crippen molar-refractivity contribution in [3.63, 3.8) is 0 Å². The first-order valence-corrected chi connectivity index (χ1v) is 6.92. The van der Waals surface area contributed by atoms with E-state index in [2.05, 4.69) is 15.4 Å². The number of hydrogen-bond acceptors (Lipinski definition) is 6. The van der Waals surface area contributed by atoms with E-state index in [4.69, 9.17) is 9.15 Å². The highest BCUT2D eigenvalue weighted by Crippen LogP contribution is 2.11. The van der Waals surface area contributed by atoms with E-state index >= 15 is 0 Å². The fourth-order valence-corrected chi connectivity index (χ4v) is 1.95. The summed E-state index contributed by atoms with van der Waals surface area (Å²) < 4.78 is 10.5. The van der Waals surface area contributed by atoms with E-state index in [1.54, 1.807) is 12.3 Å². The molecule has 114 valence electrons.